The van der Waals surface area contributed by atoms with E-state index in [1.807, 2.05) is 52.0 Å². The fourth-order valence-corrected chi connectivity index (χ4v) is 6.17. The molecule has 0 spiro atoms. The zero-order valence-corrected chi connectivity index (χ0v) is 21.4. The Bertz CT molecular complexity index is 1510. The van der Waals surface area contributed by atoms with Gasteiger partial charge in [0.15, 0.2) is 22.4 Å². The molecule has 9 heteroatoms. The number of carbonyl (C=O) groups excluding carboxylic acids is 1. The van der Waals surface area contributed by atoms with Gasteiger partial charge in [0.1, 0.15) is 4.83 Å². The Morgan fingerprint density at radius 2 is 1.91 bits per heavy atom. The van der Waals surface area contributed by atoms with E-state index < -0.39 is 0 Å². The average Bonchev–Trinajstić information content (AvgIpc) is 3.47. The van der Waals surface area contributed by atoms with Gasteiger partial charge in [-0.1, -0.05) is 17.8 Å². The van der Waals surface area contributed by atoms with Crippen molar-refractivity contribution >= 4 is 39.1 Å². The van der Waals surface area contributed by atoms with Gasteiger partial charge in [-0.2, -0.15) is 0 Å². The van der Waals surface area contributed by atoms with Gasteiger partial charge in [-0.3, -0.25) is 14.2 Å². The molecule has 0 bridgehead atoms. The number of hydrogen-bond acceptors (Lipinski definition) is 7. The molecular weight excluding hydrogens is 470 g/mol. The van der Waals surface area contributed by atoms with Crippen LogP contribution in [0.4, 0.5) is 0 Å². The second-order valence-corrected chi connectivity index (χ2v) is 10.6. The van der Waals surface area contributed by atoms with Crippen molar-refractivity contribution in [3.05, 3.63) is 67.6 Å². The second-order valence-electron chi connectivity index (χ2n) is 8.49. The highest BCUT2D eigenvalue weighted by Gasteiger charge is 2.20. The van der Waals surface area contributed by atoms with Crippen molar-refractivity contribution in [2.24, 2.45) is 7.05 Å². The zero-order valence-electron chi connectivity index (χ0n) is 19.7. The predicted molar refractivity (Wildman–Crippen MR) is 135 cm³/mol. The fourth-order valence-electron chi connectivity index (χ4n) is 4.24. The first-order valence-corrected chi connectivity index (χ1v) is 12.7. The van der Waals surface area contributed by atoms with E-state index >= 15 is 0 Å². The molecule has 4 heterocycles. The Labute approximate surface area is 205 Å². The largest absolute Gasteiger partial charge is 0.454 e. The zero-order chi connectivity index (χ0) is 24.1. The Morgan fingerprint density at radius 1 is 1.15 bits per heavy atom. The van der Waals surface area contributed by atoms with Crippen LogP contribution in [0.1, 0.15) is 37.7 Å². The van der Waals surface area contributed by atoms with E-state index in [2.05, 4.69) is 9.55 Å². The van der Waals surface area contributed by atoms with E-state index in [1.165, 1.54) is 23.1 Å². The Morgan fingerprint density at radius 3 is 2.71 bits per heavy atom. The Balaban J connectivity index is 1.36. The molecule has 176 valence electrons. The summed E-state index contributed by atoms with van der Waals surface area (Å²) in [6, 6.07) is 7.85. The van der Waals surface area contributed by atoms with Crippen LogP contribution in [0.5, 0.6) is 11.5 Å². The summed E-state index contributed by atoms with van der Waals surface area (Å²) >= 11 is 2.82. The lowest BCUT2D eigenvalue weighted by atomic mass is 10.1. The van der Waals surface area contributed by atoms with E-state index in [0.717, 1.165) is 43.7 Å². The van der Waals surface area contributed by atoms with Crippen LogP contribution in [-0.4, -0.2) is 32.4 Å². The molecule has 1 aromatic carbocycles. The highest BCUT2D eigenvalue weighted by atomic mass is 32.2. The number of rotatable bonds is 6. The molecule has 0 amide bonds. The standard InChI is InChI=1S/C25H25N3O4S2/c1-13-8-18(15(3)28(13)10-17-6-7-20-21(9-17)32-12-31-20)19(29)11-33-25-26-23-22(24(30)27(25)5)14(2)16(4)34-23/h6-9H,10-12H2,1-5H3. The lowest BCUT2D eigenvalue weighted by molar-refractivity contribution is 0.102. The number of benzene rings is 1. The molecule has 0 saturated heterocycles. The van der Waals surface area contributed by atoms with Crippen molar-refractivity contribution in [2.75, 3.05) is 12.5 Å². The van der Waals surface area contributed by atoms with Crippen molar-refractivity contribution in [2.45, 2.75) is 39.4 Å². The van der Waals surface area contributed by atoms with Crippen LogP contribution in [-0.2, 0) is 13.6 Å². The van der Waals surface area contributed by atoms with E-state index in [9.17, 15) is 9.59 Å². The molecule has 4 aromatic rings. The van der Waals surface area contributed by atoms with Crippen LogP contribution in [0.25, 0.3) is 10.2 Å². The summed E-state index contributed by atoms with van der Waals surface area (Å²) < 4.78 is 14.6. The van der Waals surface area contributed by atoms with Gasteiger partial charge in [-0.05, 0) is 57.0 Å². The summed E-state index contributed by atoms with van der Waals surface area (Å²) in [4.78, 5) is 32.5. The van der Waals surface area contributed by atoms with E-state index in [-0.39, 0.29) is 23.9 Å². The maximum Gasteiger partial charge on any atom is 0.262 e. The monoisotopic (exact) mass is 495 g/mol. The first-order chi connectivity index (χ1) is 16.2. The number of Topliss-reactive ketones (excluding diaryl/α,β-unsaturated/α-hetero) is 1. The van der Waals surface area contributed by atoms with Crippen molar-refractivity contribution in [1.82, 2.24) is 14.1 Å². The van der Waals surface area contributed by atoms with Gasteiger partial charge in [0, 0.05) is 35.4 Å². The topological polar surface area (TPSA) is 75.4 Å². The van der Waals surface area contributed by atoms with Gasteiger partial charge < -0.3 is 14.0 Å². The van der Waals surface area contributed by atoms with Crippen LogP contribution in [0.15, 0.2) is 34.2 Å². The summed E-state index contributed by atoms with van der Waals surface area (Å²) in [5, 5.41) is 1.23. The number of carbonyl (C=O) groups is 1. The minimum absolute atomic E-state index is 0.0166. The van der Waals surface area contributed by atoms with Gasteiger partial charge in [0.25, 0.3) is 5.56 Å². The lowest BCUT2D eigenvalue weighted by Gasteiger charge is -2.11. The maximum atomic E-state index is 13.1. The Kier molecular flexibility index (Phi) is 5.77. The van der Waals surface area contributed by atoms with Crippen molar-refractivity contribution in [3.63, 3.8) is 0 Å². The van der Waals surface area contributed by atoms with Gasteiger partial charge in [-0.15, -0.1) is 11.3 Å². The summed E-state index contributed by atoms with van der Waals surface area (Å²) in [7, 11) is 1.71. The minimum Gasteiger partial charge on any atom is -0.454 e. The van der Waals surface area contributed by atoms with Gasteiger partial charge >= 0.3 is 0 Å². The molecule has 0 atom stereocenters. The predicted octanol–water partition coefficient (Wildman–Crippen LogP) is 4.78. The summed E-state index contributed by atoms with van der Waals surface area (Å²) in [6.07, 6.45) is 0. The van der Waals surface area contributed by atoms with E-state index in [1.54, 1.807) is 11.6 Å². The average molecular weight is 496 g/mol. The molecule has 0 radical (unpaired) electrons. The van der Waals surface area contributed by atoms with Crippen molar-refractivity contribution < 1.29 is 14.3 Å². The maximum absolute atomic E-state index is 13.1. The third-order valence-electron chi connectivity index (χ3n) is 6.35. The number of thioether (sulfide) groups is 1. The molecule has 0 saturated carbocycles. The molecule has 7 nitrogen and oxygen atoms in total. The lowest BCUT2D eigenvalue weighted by Crippen LogP contribution is -2.20. The third kappa shape index (κ3) is 3.82. The number of fused-ring (bicyclic) bond motifs is 2. The number of ether oxygens (including phenoxy) is 2. The molecule has 0 aliphatic carbocycles. The highest BCUT2D eigenvalue weighted by molar-refractivity contribution is 7.99. The normalized spacial score (nSPS) is 12.6. The summed E-state index contributed by atoms with van der Waals surface area (Å²) in [5.74, 6) is 1.73. The van der Waals surface area contributed by atoms with Crippen LogP contribution < -0.4 is 15.0 Å². The smallest absolute Gasteiger partial charge is 0.262 e. The molecule has 1 aliphatic heterocycles. The number of nitrogens with zero attached hydrogens (tertiary/aromatic N) is 3. The van der Waals surface area contributed by atoms with E-state index in [0.29, 0.717) is 22.7 Å². The van der Waals surface area contributed by atoms with Crippen LogP contribution in [0.3, 0.4) is 0 Å². The second kappa shape index (κ2) is 8.63. The van der Waals surface area contributed by atoms with E-state index in [4.69, 9.17) is 9.47 Å². The van der Waals surface area contributed by atoms with Crippen LogP contribution in [0, 0.1) is 27.7 Å². The Hall–Kier alpha value is -3.04. The van der Waals surface area contributed by atoms with Crippen LogP contribution >= 0.6 is 23.1 Å². The summed E-state index contributed by atoms with van der Waals surface area (Å²) in [5.41, 5.74) is 4.62. The van der Waals surface area contributed by atoms with Crippen molar-refractivity contribution in [3.8, 4) is 11.5 Å². The highest BCUT2D eigenvalue weighted by Crippen LogP contribution is 2.33. The number of thiophene rings is 1. The number of ketones is 1. The number of aryl methyl sites for hydroxylation is 3. The van der Waals surface area contributed by atoms with Crippen LogP contribution in [0.2, 0.25) is 0 Å². The van der Waals surface area contributed by atoms with Gasteiger partial charge in [0.2, 0.25) is 6.79 Å². The van der Waals surface area contributed by atoms with Gasteiger partial charge in [-0.25, -0.2) is 4.98 Å². The molecule has 0 unspecified atom stereocenters. The summed E-state index contributed by atoms with van der Waals surface area (Å²) in [6.45, 7) is 8.80. The number of aromatic nitrogens is 3. The first-order valence-electron chi connectivity index (χ1n) is 10.9. The number of hydrogen-bond donors (Lipinski definition) is 0. The molecule has 5 rings (SSSR count). The minimum atomic E-state index is -0.0660. The molecule has 0 N–H and O–H groups in total. The molecule has 3 aromatic heterocycles. The van der Waals surface area contributed by atoms with Crippen molar-refractivity contribution in [1.29, 1.82) is 0 Å². The molecule has 0 fully saturated rings. The van der Waals surface area contributed by atoms with Gasteiger partial charge in [0.05, 0.1) is 11.1 Å². The molecular formula is C25H25N3O4S2. The SMILES string of the molecule is Cc1sc2nc(SCC(=O)c3cc(C)n(Cc4ccc5c(c4)OCO5)c3C)n(C)c(=O)c2c1C. The molecule has 34 heavy (non-hydrogen) atoms. The third-order valence-corrected chi connectivity index (χ3v) is 8.48. The first kappa shape index (κ1) is 22.7. The molecule has 1 aliphatic rings. The fraction of sp³-hybridized carbons (Fsp3) is 0.320. The quantitative estimate of drug-likeness (QED) is 0.218.